The van der Waals surface area contributed by atoms with Crippen LogP contribution in [0.4, 0.5) is 5.69 Å². The molecule has 2 rings (SSSR count). The molecule has 0 aliphatic rings. The van der Waals surface area contributed by atoms with Gasteiger partial charge in [0.1, 0.15) is 11.6 Å². The summed E-state index contributed by atoms with van der Waals surface area (Å²) in [5, 5.41) is 12.8. The van der Waals surface area contributed by atoms with E-state index in [9.17, 15) is 10.1 Å². The molecule has 0 saturated carbocycles. The number of nitrogens with zero attached hydrogens (tertiary/aromatic N) is 1. The van der Waals surface area contributed by atoms with Crippen molar-refractivity contribution in [1.29, 1.82) is 5.26 Å². The van der Waals surface area contributed by atoms with E-state index in [4.69, 9.17) is 21.1 Å². The summed E-state index contributed by atoms with van der Waals surface area (Å²) in [4.78, 5) is 12.6. The van der Waals surface area contributed by atoms with Crippen molar-refractivity contribution in [2.24, 2.45) is 0 Å². The number of amides is 1. The molecule has 2 aromatic carbocycles. The average molecular weight is 525 g/mol. The Morgan fingerprint density at radius 2 is 2.03 bits per heavy atom. The number of hydrogen-bond donors (Lipinski definition) is 1. The Kier molecular flexibility index (Phi) is 8.80. The molecule has 0 aromatic heterocycles. The fourth-order valence-corrected chi connectivity index (χ4v) is 3.47. The Morgan fingerprint density at radius 3 is 2.69 bits per heavy atom. The van der Waals surface area contributed by atoms with E-state index in [-0.39, 0.29) is 5.57 Å². The number of nitriles is 1. The van der Waals surface area contributed by atoms with Gasteiger partial charge in [-0.1, -0.05) is 24.6 Å². The number of benzene rings is 2. The van der Waals surface area contributed by atoms with Gasteiger partial charge in [-0.05, 0) is 84.3 Å². The van der Waals surface area contributed by atoms with Gasteiger partial charge < -0.3 is 14.8 Å². The smallest absolute Gasteiger partial charge is 0.266 e. The molecule has 0 unspecified atom stereocenters. The first kappa shape index (κ1) is 23.0. The first-order valence-electron chi connectivity index (χ1n) is 9.18. The normalized spacial score (nSPS) is 11.0. The second-order valence-electron chi connectivity index (χ2n) is 6.19. The van der Waals surface area contributed by atoms with E-state index in [1.54, 1.807) is 24.3 Å². The highest BCUT2D eigenvalue weighted by atomic mass is 127. The topological polar surface area (TPSA) is 71.3 Å². The number of aryl methyl sites for hydroxylation is 1. The molecule has 0 heterocycles. The van der Waals surface area contributed by atoms with Gasteiger partial charge in [0.15, 0.2) is 11.5 Å². The quantitative estimate of drug-likeness (QED) is 0.262. The van der Waals surface area contributed by atoms with Crippen LogP contribution in [0.5, 0.6) is 11.5 Å². The van der Waals surface area contributed by atoms with Gasteiger partial charge in [-0.15, -0.1) is 0 Å². The summed E-state index contributed by atoms with van der Waals surface area (Å²) < 4.78 is 12.3. The van der Waals surface area contributed by atoms with Crippen LogP contribution < -0.4 is 14.8 Å². The zero-order chi connectivity index (χ0) is 21.4. The van der Waals surface area contributed by atoms with Crippen LogP contribution in [-0.4, -0.2) is 19.1 Å². The minimum absolute atomic E-state index is 0.0233. The number of nitrogens with one attached hydrogen (secondary N) is 1. The van der Waals surface area contributed by atoms with Gasteiger partial charge in [0.2, 0.25) is 0 Å². The highest BCUT2D eigenvalue weighted by Gasteiger charge is 2.15. The van der Waals surface area contributed by atoms with E-state index in [1.807, 2.05) is 32.9 Å². The molecule has 1 N–H and O–H groups in total. The summed E-state index contributed by atoms with van der Waals surface area (Å²) in [6, 6.07) is 10.8. The first-order valence-corrected chi connectivity index (χ1v) is 10.6. The second kappa shape index (κ2) is 11.1. The van der Waals surface area contributed by atoms with Crippen LogP contribution in [0.15, 0.2) is 35.9 Å². The lowest BCUT2D eigenvalue weighted by Gasteiger charge is -2.14. The van der Waals surface area contributed by atoms with Crippen LogP contribution >= 0.6 is 34.2 Å². The third-order valence-electron chi connectivity index (χ3n) is 3.91. The molecular weight excluding hydrogens is 503 g/mol. The van der Waals surface area contributed by atoms with Gasteiger partial charge in [-0.2, -0.15) is 5.26 Å². The van der Waals surface area contributed by atoms with E-state index in [1.165, 1.54) is 6.08 Å². The molecule has 0 atom stereocenters. The predicted molar refractivity (Wildman–Crippen MR) is 125 cm³/mol. The van der Waals surface area contributed by atoms with E-state index in [2.05, 4.69) is 27.9 Å². The van der Waals surface area contributed by atoms with E-state index < -0.39 is 5.91 Å². The van der Waals surface area contributed by atoms with Gasteiger partial charge in [-0.25, -0.2) is 0 Å². The van der Waals surface area contributed by atoms with Gasteiger partial charge in [-0.3, -0.25) is 4.79 Å². The number of carbonyl (C=O) groups excluding carboxylic acids is 1. The maximum Gasteiger partial charge on any atom is 0.266 e. The molecule has 2 aromatic rings. The Labute approximate surface area is 189 Å². The maximum absolute atomic E-state index is 12.6. The zero-order valence-electron chi connectivity index (χ0n) is 16.5. The second-order valence-corrected chi connectivity index (χ2v) is 7.79. The minimum Gasteiger partial charge on any atom is -0.490 e. The zero-order valence-corrected chi connectivity index (χ0v) is 19.4. The molecule has 7 heteroatoms. The average Bonchev–Trinajstić information content (AvgIpc) is 2.68. The molecule has 0 fully saturated rings. The highest BCUT2D eigenvalue weighted by molar-refractivity contribution is 14.1. The van der Waals surface area contributed by atoms with E-state index >= 15 is 0 Å². The lowest BCUT2D eigenvalue weighted by Crippen LogP contribution is -2.14. The molecule has 0 bridgehead atoms. The fourth-order valence-electron chi connectivity index (χ4n) is 2.51. The van der Waals surface area contributed by atoms with Crippen molar-refractivity contribution in [2.75, 3.05) is 18.5 Å². The summed E-state index contributed by atoms with van der Waals surface area (Å²) in [5.41, 5.74) is 2.07. The van der Waals surface area contributed by atoms with Crippen molar-refractivity contribution in [1.82, 2.24) is 0 Å². The molecule has 0 aliphatic carbocycles. The first-order chi connectivity index (χ1) is 13.9. The van der Waals surface area contributed by atoms with Crippen molar-refractivity contribution in [3.8, 4) is 17.6 Å². The lowest BCUT2D eigenvalue weighted by atomic mass is 10.1. The summed E-state index contributed by atoms with van der Waals surface area (Å²) in [5.74, 6) is 0.753. The van der Waals surface area contributed by atoms with Crippen molar-refractivity contribution in [2.45, 2.75) is 27.2 Å². The molecule has 0 aliphatic heterocycles. The molecule has 152 valence electrons. The van der Waals surface area contributed by atoms with Crippen LogP contribution in [0, 0.1) is 21.8 Å². The van der Waals surface area contributed by atoms with Crippen LogP contribution in [0.25, 0.3) is 6.08 Å². The van der Waals surface area contributed by atoms with E-state index in [0.29, 0.717) is 41.0 Å². The van der Waals surface area contributed by atoms with E-state index in [0.717, 1.165) is 15.6 Å². The lowest BCUT2D eigenvalue weighted by molar-refractivity contribution is -0.112. The fraction of sp³-hybridized carbons (Fsp3) is 0.273. The largest absolute Gasteiger partial charge is 0.490 e. The Balaban J connectivity index is 2.35. The number of hydrogen-bond acceptors (Lipinski definition) is 4. The van der Waals surface area contributed by atoms with Crippen LogP contribution in [-0.2, 0) is 4.79 Å². The molecule has 0 radical (unpaired) electrons. The number of anilines is 1. The number of carbonyl (C=O) groups is 1. The third-order valence-corrected chi connectivity index (χ3v) is 4.94. The molecule has 0 spiro atoms. The summed E-state index contributed by atoms with van der Waals surface area (Å²) in [7, 11) is 0. The summed E-state index contributed by atoms with van der Waals surface area (Å²) in [6.07, 6.45) is 2.41. The van der Waals surface area contributed by atoms with Crippen molar-refractivity contribution < 1.29 is 14.3 Å². The number of ether oxygens (including phenoxy) is 2. The molecular formula is C22H22ClIN2O3. The predicted octanol–water partition coefficient (Wildman–Crippen LogP) is 5.99. The molecule has 5 nitrogen and oxygen atoms in total. The summed E-state index contributed by atoms with van der Waals surface area (Å²) >= 11 is 8.16. The van der Waals surface area contributed by atoms with Crippen LogP contribution in [0.1, 0.15) is 31.4 Å². The maximum atomic E-state index is 12.6. The molecule has 0 saturated heterocycles. The minimum atomic E-state index is -0.503. The van der Waals surface area contributed by atoms with Gasteiger partial charge >= 0.3 is 0 Å². The molecule has 1 amide bonds. The van der Waals surface area contributed by atoms with Crippen molar-refractivity contribution in [3.63, 3.8) is 0 Å². The standard InChI is InChI=1S/C22H22ClIN2O3/c1-4-8-29-21-18(24)10-15(11-20(21)28-5-2)9-16(13-25)22(27)26-19-12-17(23)7-6-14(19)3/h6-7,9-12H,4-5,8H2,1-3H3,(H,26,27)/b16-9+. The van der Waals surface area contributed by atoms with Crippen molar-refractivity contribution in [3.05, 3.63) is 55.6 Å². The summed E-state index contributed by atoms with van der Waals surface area (Å²) in [6.45, 7) is 6.83. The van der Waals surface area contributed by atoms with Crippen molar-refractivity contribution >= 4 is 51.9 Å². The monoisotopic (exact) mass is 524 g/mol. The van der Waals surface area contributed by atoms with Crippen LogP contribution in [0.3, 0.4) is 0 Å². The number of halogens is 2. The Morgan fingerprint density at radius 1 is 1.28 bits per heavy atom. The molecule has 29 heavy (non-hydrogen) atoms. The Hall–Kier alpha value is -2.24. The number of rotatable bonds is 8. The SMILES string of the molecule is CCCOc1c(I)cc(/C=C(\C#N)C(=O)Nc2cc(Cl)ccc2C)cc1OCC. The van der Waals surface area contributed by atoms with Gasteiger partial charge in [0, 0.05) is 10.7 Å². The van der Waals surface area contributed by atoms with Gasteiger partial charge in [0.05, 0.1) is 16.8 Å². The van der Waals surface area contributed by atoms with Crippen LogP contribution in [0.2, 0.25) is 5.02 Å². The highest BCUT2D eigenvalue weighted by Crippen LogP contribution is 2.35. The van der Waals surface area contributed by atoms with Gasteiger partial charge in [0.25, 0.3) is 5.91 Å². The third kappa shape index (κ3) is 6.38. The Bertz CT molecular complexity index is 967.